The van der Waals surface area contributed by atoms with Gasteiger partial charge in [-0.15, -0.1) is 11.8 Å². The number of carboxylic acid groups (broad SMARTS) is 1. The number of aliphatic carboxylic acids is 1. The summed E-state index contributed by atoms with van der Waals surface area (Å²) in [4.78, 5) is 27.4. The van der Waals surface area contributed by atoms with Crippen molar-refractivity contribution >= 4 is 23.8 Å². The Morgan fingerprint density at radius 2 is 1.68 bits per heavy atom. The van der Waals surface area contributed by atoms with Crippen LogP contribution in [0.4, 0.5) is 4.79 Å². The van der Waals surface area contributed by atoms with Crippen molar-refractivity contribution in [2.45, 2.75) is 63.5 Å². The van der Waals surface area contributed by atoms with Crippen LogP contribution in [-0.2, 0) is 4.79 Å². The maximum atomic E-state index is 12.7. The molecule has 4 atom stereocenters. The number of carboxylic acids is 1. The Balaban J connectivity index is 2.19. The van der Waals surface area contributed by atoms with Crippen LogP contribution in [0.25, 0.3) is 0 Å². The quantitative estimate of drug-likeness (QED) is 0.803. The Bertz CT molecular complexity index is 367. The molecule has 2 amide bonds. The predicted molar refractivity (Wildman–Crippen MR) is 75.2 cm³/mol. The largest absolute Gasteiger partial charge is 0.480 e. The maximum Gasteiger partial charge on any atom is 0.327 e. The summed E-state index contributed by atoms with van der Waals surface area (Å²) < 4.78 is 0. The average Bonchev–Trinajstić information content (AvgIpc) is 2.70. The molecule has 108 valence electrons. The molecule has 2 aliphatic rings. The number of thioether (sulfide) groups is 1. The molecule has 2 saturated heterocycles. The molecule has 1 N–H and O–H groups in total. The highest BCUT2D eigenvalue weighted by Crippen LogP contribution is 2.32. The summed E-state index contributed by atoms with van der Waals surface area (Å²) in [6.07, 6.45) is 3.14. The third-order valence-electron chi connectivity index (χ3n) is 4.14. The van der Waals surface area contributed by atoms with E-state index >= 15 is 0 Å². The number of nitrogens with zero attached hydrogens (tertiary/aromatic N) is 2. The van der Waals surface area contributed by atoms with Gasteiger partial charge >= 0.3 is 12.0 Å². The Labute approximate surface area is 118 Å². The smallest absolute Gasteiger partial charge is 0.327 e. The summed E-state index contributed by atoms with van der Waals surface area (Å²) in [5.41, 5.74) is 0. The first kappa shape index (κ1) is 14.5. The number of urea groups is 1. The van der Waals surface area contributed by atoms with Gasteiger partial charge in [-0.25, -0.2) is 9.59 Å². The minimum absolute atomic E-state index is 0.0603. The van der Waals surface area contributed by atoms with Crippen molar-refractivity contribution in [2.75, 3.05) is 5.75 Å². The standard InChI is InChI=1S/C13H22N2O3S/c1-8-5-4-6-9(2)14(8)13(18)15-10(3)19-7-11(15)12(16)17/h8-11H,4-7H2,1-3H3,(H,16,17)/t8-,9+,10?,11?. The molecule has 0 aromatic rings. The summed E-state index contributed by atoms with van der Waals surface area (Å²) in [7, 11) is 0. The van der Waals surface area contributed by atoms with E-state index in [9.17, 15) is 14.7 Å². The van der Waals surface area contributed by atoms with Crippen LogP contribution in [0.3, 0.4) is 0 Å². The fourth-order valence-electron chi connectivity index (χ4n) is 3.06. The fraction of sp³-hybridized carbons (Fsp3) is 0.846. The molecular weight excluding hydrogens is 264 g/mol. The van der Waals surface area contributed by atoms with Gasteiger partial charge in [-0.05, 0) is 40.0 Å². The summed E-state index contributed by atoms with van der Waals surface area (Å²) in [6.45, 7) is 6.01. The number of likely N-dealkylation sites (tertiary alicyclic amines) is 1. The van der Waals surface area contributed by atoms with E-state index < -0.39 is 12.0 Å². The molecule has 0 aromatic heterocycles. The van der Waals surface area contributed by atoms with Gasteiger partial charge in [-0.3, -0.25) is 4.90 Å². The molecule has 0 bridgehead atoms. The summed E-state index contributed by atoms with van der Waals surface area (Å²) in [5.74, 6) is -0.415. The van der Waals surface area contributed by atoms with E-state index in [2.05, 4.69) is 13.8 Å². The molecule has 0 radical (unpaired) electrons. The monoisotopic (exact) mass is 286 g/mol. The molecule has 2 rings (SSSR count). The van der Waals surface area contributed by atoms with Crippen LogP contribution in [-0.4, -0.2) is 56.2 Å². The SMILES string of the molecule is CC1SCC(C(=O)O)N1C(=O)N1[C@H](C)CCC[C@@H]1C. The highest BCUT2D eigenvalue weighted by Gasteiger charge is 2.43. The molecule has 0 saturated carbocycles. The zero-order valence-electron chi connectivity index (χ0n) is 11.7. The molecular formula is C13H22N2O3S. The molecule has 19 heavy (non-hydrogen) atoms. The number of piperidine rings is 1. The molecule has 2 heterocycles. The lowest BCUT2D eigenvalue weighted by molar-refractivity contribution is -0.141. The van der Waals surface area contributed by atoms with Crippen LogP contribution in [0.15, 0.2) is 0 Å². The molecule has 0 aliphatic carbocycles. The predicted octanol–water partition coefficient (Wildman–Crippen LogP) is 2.22. The van der Waals surface area contributed by atoms with E-state index in [0.717, 1.165) is 19.3 Å². The molecule has 0 aromatic carbocycles. The topological polar surface area (TPSA) is 60.9 Å². The Kier molecular flexibility index (Phi) is 4.28. The van der Waals surface area contributed by atoms with E-state index in [1.165, 1.54) is 11.8 Å². The first-order chi connectivity index (χ1) is 8.93. The van der Waals surface area contributed by atoms with E-state index in [-0.39, 0.29) is 23.5 Å². The minimum Gasteiger partial charge on any atom is -0.480 e. The van der Waals surface area contributed by atoms with Gasteiger partial charge in [0.25, 0.3) is 0 Å². The highest BCUT2D eigenvalue weighted by atomic mass is 32.2. The van der Waals surface area contributed by atoms with Crippen LogP contribution >= 0.6 is 11.8 Å². The second-order valence-electron chi connectivity index (χ2n) is 5.51. The van der Waals surface area contributed by atoms with E-state index in [0.29, 0.717) is 5.75 Å². The van der Waals surface area contributed by atoms with Crippen LogP contribution in [0, 0.1) is 0 Å². The lowest BCUT2D eigenvalue weighted by atomic mass is 9.98. The number of carbonyl (C=O) groups excluding carboxylic acids is 1. The minimum atomic E-state index is -0.900. The lowest BCUT2D eigenvalue weighted by Crippen LogP contribution is -2.57. The normalized spacial score (nSPS) is 35.5. The Morgan fingerprint density at radius 3 is 2.21 bits per heavy atom. The van der Waals surface area contributed by atoms with E-state index in [1.807, 2.05) is 11.8 Å². The van der Waals surface area contributed by atoms with Crippen LogP contribution in [0.1, 0.15) is 40.0 Å². The van der Waals surface area contributed by atoms with Gasteiger partial charge in [0.1, 0.15) is 6.04 Å². The molecule has 2 fully saturated rings. The van der Waals surface area contributed by atoms with Gasteiger partial charge in [0.2, 0.25) is 0 Å². The van der Waals surface area contributed by atoms with E-state index in [4.69, 9.17) is 0 Å². The summed E-state index contributed by atoms with van der Waals surface area (Å²) in [6, 6.07) is -0.398. The maximum absolute atomic E-state index is 12.7. The first-order valence-electron chi connectivity index (χ1n) is 6.88. The molecule has 0 spiro atoms. The van der Waals surface area contributed by atoms with Crippen molar-refractivity contribution < 1.29 is 14.7 Å². The van der Waals surface area contributed by atoms with Crippen molar-refractivity contribution in [3.8, 4) is 0 Å². The summed E-state index contributed by atoms with van der Waals surface area (Å²) >= 11 is 1.53. The number of hydrogen-bond acceptors (Lipinski definition) is 3. The number of amides is 2. The molecule has 5 nitrogen and oxygen atoms in total. The zero-order chi connectivity index (χ0) is 14.2. The van der Waals surface area contributed by atoms with Crippen molar-refractivity contribution in [3.05, 3.63) is 0 Å². The lowest BCUT2D eigenvalue weighted by Gasteiger charge is -2.42. The third-order valence-corrected chi connectivity index (χ3v) is 5.36. The van der Waals surface area contributed by atoms with Crippen molar-refractivity contribution in [1.29, 1.82) is 0 Å². The van der Waals surface area contributed by atoms with Crippen LogP contribution in [0.2, 0.25) is 0 Å². The van der Waals surface area contributed by atoms with Gasteiger partial charge in [0.05, 0.1) is 5.37 Å². The molecule has 2 unspecified atom stereocenters. The third kappa shape index (κ3) is 2.68. The fourth-order valence-corrected chi connectivity index (χ4v) is 4.22. The number of rotatable bonds is 1. The van der Waals surface area contributed by atoms with Gasteiger partial charge in [-0.2, -0.15) is 0 Å². The van der Waals surface area contributed by atoms with Crippen molar-refractivity contribution in [3.63, 3.8) is 0 Å². The highest BCUT2D eigenvalue weighted by molar-refractivity contribution is 8.00. The molecule has 2 aliphatic heterocycles. The Hall–Kier alpha value is -0.910. The Morgan fingerprint density at radius 1 is 1.11 bits per heavy atom. The second kappa shape index (κ2) is 5.61. The van der Waals surface area contributed by atoms with Gasteiger partial charge in [0.15, 0.2) is 0 Å². The number of carbonyl (C=O) groups is 2. The number of hydrogen-bond donors (Lipinski definition) is 1. The zero-order valence-corrected chi connectivity index (χ0v) is 12.5. The van der Waals surface area contributed by atoms with Crippen LogP contribution in [0.5, 0.6) is 0 Å². The van der Waals surface area contributed by atoms with Crippen molar-refractivity contribution in [1.82, 2.24) is 9.80 Å². The van der Waals surface area contributed by atoms with Gasteiger partial charge in [-0.1, -0.05) is 0 Å². The second-order valence-corrected chi connectivity index (χ2v) is 6.86. The average molecular weight is 286 g/mol. The van der Waals surface area contributed by atoms with Crippen molar-refractivity contribution in [2.24, 2.45) is 0 Å². The van der Waals surface area contributed by atoms with Gasteiger partial charge in [0, 0.05) is 17.8 Å². The first-order valence-corrected chi connectivity index (χ1v) is 7.93. The molecule has 6 heteroatoms. The van der Waals surface area contributed by atoms with Crippen LogP contribution < -0.4 is 0 Å². The van der Waals surface area contributed by atoms with Gasteiger partial charge < -0.3 is 10.0 Å². The summed E-state index contributed by atoms with van der Waals surface area (Å²) in [5, 5.41) is 9.19. The van der Waals surface area contributed by atoms with E-state index in [1.54, 1.807) is 4.90 Å².